The minimum atomic E-state index is -1.11. The summed E-state index contributed by atoms with van der Waals surface area (Å²) in [6.07, 6.45) is 9.50. The van der Waals surface area contributed by atoms with E-state index in [-0.39, 0.29) is 41.5 Å². The number of ether oxygens (including phenoxy) is 1. The summed E-state index contributed by atoms with van der Waals surface area (Å²) in [5.74, 6) is 0.0628. The third-order valence-corrected chi connectivity index (χ3v) is 9.14. The Hall–Kier alpha value is -2.18. The molecule has 0 aromatic heterocycles. The summed E-state index contributed by atoms with van der Waals surface area (Å²) in [5, 5.41) is 10.9. The molecule has 3 fully saturated rings. The number of esters is 1. The second-order valence-corrected chi connectivity index (χ2v) is 10.7. The first-order valence-corrected chi connectivity index (χ1v) is 12.1. The molecule has 4 aliphatic carbocycles. The maximum atomic E-state index is 12.5. The van der Waals surface area contributed by atoms with E-state index in [1.165, 1.54) is 5.57 Å². The summed E-state index contributed by atoms with van der Waals surface area (Å²) in [6, 6.07) is 0. The topological polar surface area (TPSA) is 110 Å². The second kappa shape index (κ2) is 8.64. The van der Waals surface area contributed by atoms with Gasteiger partial charge >= 0.3 is 11.9 Å². The van der Waals surface area contributed by atoms with E-state index in [9.17, 15) is 19.2 Å². The Balaban J connectivity index is 1.37. The smallest absolute Gasteiger partial charge is 0.322 e. The summed E-state index contributed by atoms with van der Waals surface area (Å²) >= 11 is 0. The highest BCUT2D eigenvalue weighted by atomic mass is 16.5. The molecule has 1 amide bonds. The number of hydrogen-bond donors (Lipinski definition) is 2. The van der Waals surface area contributed by atoms with Crippen molar-refractivity contribution in [1.82, 2.24) is 5.32 Å². The van der Waals surface area contributed by atoms with Crippen LogP contribution in [0.3, 0.4) is 0 Å². The molecule has 0 unspecified atom stereocenters. The number of carboxylic acids is 1. The average molecular weight is 446 g/mol. The van der Waals surface area contributed by atoms with Crippen molar-refractivity contribution < 1.29 is 29.0 Å². The van der Waals surface area contributed by atoms with Gasteiger partial charge in [-0.3, -0.25) is 19.2 Å². The van der Waals surface area contributed by atoms with Crippen LogP contribution in [-0.2, 0) is 23.9 Å². The Kier molecular flexibility index (Phi) is 6.21. The van der Waals surface area contributed by atoms with E-state index in [4.69, 9.17) is 9.84 Å². The normalized spacial score (nSPS) is 38.1. The molecule has 2 N–H and O–H groups in total. The van der Waals surface area contributed by atoms with E-state index in [1.807, 2.05) is 6.08 Å². The van der Waals surface area contributed by atoms with E-state index in [1.54, 1.807) is 0 Å². The number of carbonyl (C=O) groups excluding carboxylic acids is 3. The van der Waals surface area contributed by atoms with Crippen LogP contribution in [0.4, 0.5) is 0 Å². The van der Waals surface area contributed by atoms with Crippen molar-refractivity contribution in [2.24, 2.45) is 28.6 Å². The maximum absolute atomic E-state index is 12.5. The summed E-state index contributed by atoms with van der Waals surface area (Å²) in [4.78, 5) is 46.7. The molecule has 4 aliphatic rings. The molecule has 32 heavy (non-hydrogen) atoms. The second-order valence-electron chi connectivity index (χ2n) is 10.7. The van der Waals surface area contributed by atoms with Crippen molar-refractivity contribution in [1.29, 1.82) is 0 Å². The van der Waals surface area contributed by atoms with E-state index < -0.39 is 18.4 Å². The van der Waals surface area contributed by atoms with Gasteiger partial charge in [-0.15, -0.1) is 0 Å². The summed E-state index contributed by atoms with van der Waals surface area (Å²) in [7, 11) is 0. The predicted octanol–water partition coefficient (Wildman–Crippen LogP) is 3.41. The van der Waals surface area contributed by atoms with Crippen LogP contribution >= 0.6 is 0 Å². The van der Waals surface area contributed by atoms with Gasteiger partial charge < -0.3 is 15.2 Å². The molecule has 0 aromatic rings. The SMILES string of the molecule is C[C@]12CC[C@H]3[C@@H](CCC4=CC(=O)CC[C@@]43C)[C@@H]1CC[C@H]2OC(=O)CCC(=O)NCC(=O)O. The van der Waals surface area contributed by atoms with Gasteiger partial charge in [0.15, 0.2) is 5.78 Å². The van der Waals surface area contributed by atoms with Crippen LogP contribution in [-0.4, -0.2) is 41.4 Å². The summed E-state index contributed by atoms with van der Waals surface area (Å²) in [6.45, 7) is 4.20. The van der Waals surface area contributed by atoms with Crippen LogP contribution in [0.15, 0.2) is 11.6 Å². The van der Waals surface area contributed by atoms with Gasteiger partial charge in [0.1, 0.15) is 12.6 Å². The van der Waals surface area contributed by atoms with Crippen molar-refractivity contribution in [3.63, 3.8) is 0 Å². The Bertz CT molecular complexity index is 849. The largest absolute Gasteiger partial charge is 0.480 e. The molecule has 0 radical (unpaired) electrons. The van der Waals surface area contributed by atoms with Crippen molar-refractivity contribution in [3.05, 3.63) is 11.6 Å². The van der Waals surface area contributed by atoms with Gasteiger partial charge in [0.2, 0.25) is 5.91 Å². The third-order valence-electron chi connectivity index (χ3n) is 9.14. The van der Waals surface area contributed by atoms with E-state index in [0.29, 0.717) is 24.2 Å². The fourth-order valence-electron chi connectivity index (χ4n) is 7.40. The van der Waals surface area contributed by atoms with E-state index in [2.05, 4.69) is 19.2 Å². The van der Waals surface area contributed by atoms with Crippen LogP contribution in [0.2, 0.25) is 0 Å². The number of carboxylic acid groups (broad SMARTS) is 1. The molecule has 3 saturated carbocycles. The maximum Gasteiger partial charge on any atom is 0.322 e. The first kappa shape index (κ1) is 23.0. The average Bonchev–Trinajstić information content (AvgIpc) is 3.07. The van der Waals surface area contributed by atoms with Crippen LogP contribution in [0.5, 0.6) is 0 Å². The Morgan fingerprint density at radius 3 is 2.59 bits per heavy atom. The minimum Gasteiger partial charge on any atom is -0.480 e. The van der Waals surface area contributed by atoms with Gasteiger partial charge in [-0.1, -0.05) is 19.4 Å². The molecule has 7 nitrogen and oxygen atoms in total. The Morgan fingerprint density at radius 2 is 1.84 bits per heavy atom. The number of nitrogens with one attached hydrogen (secondary N) is 1. The molecule has 7 heteroatoms. The third kappa shape index (κ3) is 4.11. The summed E-state index contributed by atoms with van der Waals surface area (Å²) in [5.41, 5.74) is 1.46. The predicted molar refractivity (Wildman–Crippen MR) is 116 cm³/mol. The number of aliphatic carboxylic acids is 1. The van der Waals surface area contributed by atoms with Gasteiger partial charge in [-0.25, -0.2) is 0 Å². The van der Waals surface area contributed by atoms with Crippen molar-refractivity contribution >= 4 is 23.6 Å². The number of rotatable bonds is 6. The monoisotopic (exact) mass is 445 g/mol. The van der Waals surface area contributed by atoms with Crippen LogP contribution in [0.1, 0.15) is 78.1 Å². The van der Waals surface area contributed by atoms with Crippen LogP contribution < -0.4 is 5.32 Å². The van der Waals surface area contributed by atoms with Crippen LogP contribution in [0.25, 0.3) is 0 Å². The fourth-order valence-corrected chi connectivity index (χ4v) is 7.40. The first-order chi connectivity index (χ1) is 15.1. The molecule has 6 atom stereocenters. The van der Waals surface area contributed by atoms with Gasteiger partial charge in [-0.2, -0.15) is 0 Å². The van der Waals surface area contributed by atoms with E-state index in [0.717, 1.165) is 44.9 Å². The quantitative estimate of drug-likeness (QED) is 0.607. The highest BCUT2D eigenvalue weighted by molar-refractivity contribution is 5.91. The zero-order chi connectivity index (χ0) is 23.1. The molecule has 0 bridgehead atoms. The number of carbonyl (C=O) groups is 4. The first-order valence-electron chi connectivity index (χ1n) is 12.1. The molecular formula is C25H35NO6. The number of amides is 1. The Labute approximate surface area is 189 Å². The van der Waals surface area contributed by atoms with Gasteiger partial charge in [-0.05, 0) is 74.2 Å². The van der Waals surface area contributed by atoms with E-state index >= 15 is 0 Å². The lowest BCUT2D eigenvalue weighted by Crippen LogP contribution is -2.51. The van der Waals surface area contributed by atoms with Crippen molar-refractivity contribution in [2.75, 3.05) is 6.54 Å². The molecule has 4 rings (SSSR count). The van der Waals surface area contributed by atoms with Crippen molar-refractivity contribution in [2.45, 2.75) is 84.2 Å². The lowest BCUT2D eigenvalue weighted by Gasteiger charge is -2.57. The molecule has 0 aromatic carbocycles. The van der Waals surface area contributed by atoms with Crippen molar-refractivity contribution in [3.8, 4) is 0 Å². The molecule has 0 heterocycles. The molecule has 176 valence electrons. The van der Waals surface area contributed by atoms with Gasteiger partial charge in [0, 0.05) is 18.3 Å². The highest BCUT2D eigenvalue weighted by Gasteiger charge is 2.59. The lowest BCUT2D eigenvalue weighted by atomic mass is 9.47. The number of allylic oxidation sites excluding steroid dienone is 1. The van der Waals surface area contributed by atoms with Gasteiger partial charge in [0.05, 0.1) is 6.42 Å². The van der Waals surface area contributed by atoms with Gasteiger partial charge in [0.25, 0.3) is 0 Å². The highest BCUT2D eigenvalue weighted by Crippen LogP contribution is 2.65. The lowest BCUT2D eigenvalue weighted by molar-refractivity contribution is -0.160. The zero-order valence-corrected chi connectivity index (χ0v) is 19.2. The summed E-state index contributed by atoms with van der Waals surface area (Å²) < 4.78 is 5.89. The fraction of sp³-hybridized carbons (Fsp3) is 0.760. The molecular weight excluding hydrogens is 410 g/mol. The number of hydrogen-bond acceptors (Lipinski definition) is 5. The standard InChI is InChI=1S/C25H35NO6/c1-24-11-9-16(27)13-15(24)3-4-17-18-5-6-20(25(18,2)12-10-19(17)24)32-23(31)8-7-21(28)26-14-22(29)30/h13,17-20H,3-12,14H2,1-2H3,(H,26,28)(H,29,30)/t17-,18-,19-,20+,24-,25-/m0/s1. The Morgan fingerprint density at radius 1 is 1.06 bits per heavy atom. The minimum absolute atomic E-state index is 0.0327. The number of fused-ring (bicyclic) bond motifs is 5. The number of ketones is 1. The molecule has 0 aliphatic heterocycles. The molecule has 0 saturated heterocycles. The van der Waals surface area contributed by atoms with Crippen LogP contribution in [0, 0.1) is 28.6 Å². The zero-order valence-electron chi connectivity index (χ0n) is 19.2. The molecule has 0 spiro atoms.